The molecule has 2 amide bonds. The molecule has 7 heteroatoms. The third-order valence-electron chi connectivity index (χ3n) is 4.11. The standard InChI is InChI=1S/C20H24FN3O3/c1-4-24(5-2)13-17-10-11-18(27-17)20(26)23-22-19(25)12-14(3)15-6-8-16(21)9-7-15/h6-12H,4-5,13H2,1-3H3,(H,22,25)(H,23,26)/b14-12-. The van der Waals surface area contributed by atoms with Crippen LogP contribution in [-0.4, -0.2) is 29.8 Å². The number of hydrazine groups is 1. The van der Waals surface area contributed by atoms with Crippen LogP contribution in [0.2, 0.25) is 0 Å². The third kappa shape index (κ3) is 6.07. The summed E-state index contributed by atoms with van der Waals surface area (Å²) in [6, 6.07) is 9.10. The van der Waals surface area contributed by atoms with E-state index in [0.29, 0.717) is 23.4 Å². The number of hydrogen-bond acceptors (Lipinski definition) is 4. The van der Waals surface area contributed by atoms with Crippen molar-refractivity contribution in [2.24, 2.45) is 0 Å². The van der Waals surface area contributed by atoms with Crippen molar-refractivity contribution in [2.75, 3.05) is 13.1 Å². The van der Waals surface area contributed by atoms with Gasteiger partial charge in [-0.3, -0.25) is 25.3 Å². The number of amides is 2. The molecular formula is C20H24FN3O3. The molecule has 0 atom stereocenters. The number of rotatable bonds is 7. The van der Waals surface area contributed by atoms with Crippen LogP contribution in [0.25, 0.3) is 5.57 Å². The molecule has 2 N–H and O–H groups in total. The Morgan fingerprint density at radius 3 is 2.37 bits per heavy atom. The lowest BCUT2D eigenvalue weighted by atomic mass is 10.1. The summed E-state index contributed by atoms with van der Waals surface area (Å²) in [5.74, 6) is -0.580. The molecule has 0 saturated carbocycles. The Kier molecular flexibility index (Phi) is 7.31. The number of nitrogens with zero attached hydrogens (tertiary/aromatic N) is 1. The lowest BCUT2D eigenvalue weighted by Crippen LogP contribution is -2.40. The van der Waals surface area contributed by atoms with Crippen LogP contribution < -0.4 is 10.9 Å². The van der Waals surface area contributed by atoms with Crippen molar-refractivity contribution in [3.8, 4) is 0 Å². The predicted octanol–water partition coefficient (Wildman–Crippen LogP) is 3.13. The fourth-order valence-corrected chi connectivity index (χ4v) is 2.46. The summed E-state index contributed by atoms with van der Waals surface area (Å²) in [5.41, 5.74) is 5.97. The number of benzene rings is 1. The van der Waals surface area contributed by atoms with Gasteiger partial charge in [-0.15, -0.1) is 0 Å². The second-order valence-electron chi connectivity index (χ2n) is 6.00. The predicted molar refractivity (Wildman–Crippen MR) is 101 cm³/mol. The van der Waals surface area contributed by atoms with Gasteiger partial charge in [0.15, 0.2) is 5.76 Å². The van der Waals surface area contributed by atoms with Crippen molar-refractivity contribution in [3.05, 3.63) is 65.4 Å². The van der Waals surface area contributed by atoms with Crippen LogP contribution in [-0.2, 0) is 11.3 Å². The van der Waals surface area contributed by atoms with Crippen LogP contribution >= 0.6 is 0 Å². The molecule has 0 radical (unpaired) electrons. The summed E-state index contributed by atoms with van der Waals surface area (Å²) in [6.45, 7) is 8.21. The molecule has 0 bridgehead atoms. The first-order valence-electron chi connectivity index (χ1n) is 8.78. The van der Waals surface area contributed by atoms with E-state index in [9.17, 15) is 14.0 Å². The Bertz CT molecular complexity index is 808. The summed E-state index contributed by atoms with van der Waals surface area (Å²) < 4.78 is 18.5. The van der Waals surface area contributed by atoms with Crippen molar-refractivity contribution >= 4 is 17.4 Å². The molecule has 2 rings (SSSR count). The number of nitrogens with one attached hydrogen (secondary N) is 2. The maximum Gasteiger partial charge on any atom is 0.305 e. The summed E-state index contributed by atoms with van der Waals surface area (Å²) in [7, 11) is 0. The molecule has 0 unspecified atom stereocenters. The first-order valence-corrected chi connectivity index (χ1v) is 8.78. The Morgan fingerprint density at radius 2 is 1.74 bits per heavy atom. The highest BCUT2D eigenvalue weighted by molar-refractivity contribution is 5.98. The molecular weight excluding hydrogens is 349 g/mol. The van der Waals surface area contributed by atoms with E-state index < -0.39 is 11.8 Å². The second-order valence-corrected chi connectivity index (χ2v) is 6.00. The first kappa shape index (κ1) is 20.4. The number of allylic oxidation sites excluding steroid dienone is 1. The molecule has 27 heavy (non-hydrogen) atoms. The van der Waals surface area contributed by atoms with Crippen LogP contribution in [0.5, 0.6) is 0 Å². The van der Waals surface area contributed by atoms with Gasteiger partial charge in [0.25, 0.3) is 5.91 Å². The van der Waals surface area contributed by atoms with Gasteiger partial charge in [-0.25, -0.2) is 4.39 Å². The fourth-order valence-electron chi connectivity index (χ4n) is 2.46. The third-order valence-corrected chi connectivity index (χ3v) is 4.11. The van der Waals surface area contributed by atoms with Gasteiger partial charge >= 0.3 is 5.91 Å². The topological polar surface area (TPSA) is 74.6 Å². The summed E-state index contributed by atoms with van der Waals surface area (Å²) in [4.78, 5) is 26.2. The Morgan fingerprint density at radius 1 is 1.07 bits per heavy atom. The van der Waals surface area contributed by atoms with E-state index in [1.807, 2.05) is 0 Å². The van der Waals surface area contributed by atoms with Gasteiger partial charge in [-0.05, 0) is 55.4 Å². The van der Waals surface area contributed by atoms with E-state index in [4.69, 9.17) is 4.42 Å². The van der Waals surface area contributed by atoms with E-state index >= 15 is 0 Å². The maximum atomic E-state index is 12.9. The highest BCUT2D eigenvalue weighted by atomic mass is 19.1. The van der Waals surface area contributed by atoms with Gasteiger partial charge < -0.3 is 4.42 Å². The zero-order chi connectivity index (χ0) is 19.8. The quantitative estimate of drug-likeness (QED) is 0.578. The minimum Gasteiger partial charge on any atom is -0.454 e. The van der Waals surface area contributed by atoms with Gasteiger partial charge in [0.2, 0.25) is 0 Å². The van der Waals surface area contributed by atoms with E-state index in [0.717, 1.165) is 13.1 Å². The summed E-state index contributed by atoms with van der Waals surface area (Å²) in [5, 5.41) is 0. The molecule has 1 heterocycles. The van der Waals surface area contributed by atoms with E-state index in [-0.39, 0.29) is 11.6 Å². The van der Waals surface area contributed by atoms with Crippen LogP contribution in [0.4, 0.5) is 4.39 Å². The Balaban J connectivity index is 1.89. The first-order chi connectivity index (χ1) is 12.9. The number of halogens is 1. The molecule has 0 spiro atoms. The molecule has 0 fully saturated rings. The fraction of sp³-hybridized carbons (Fsp3) is 0.300. The Labute approximate surface area is 158 Å². The number of carbonyl (C=O) groups is 2. The van der Waals surface area contributed by atoms with Crippen molar-refractivity contribution in [1.82, 2.24) is 15.8 Å². The number of furan rings is 1. The lowest BCUT2D eigenvalue weighted by molar-refractivity contribution is -0.117. The van der Waals surface area contributed by atoms with E-state index in [2.05, 4.69) is 29.6 Å². The van der Waals surface area contributed by atoms with Gasteiger partial charge in [-0.1, -0.05) is 26.0 Å². The van der Waals surface area contributed by atoms with Crippen molar-refractivity contribution in [3.63, 3.8) is 0 Å². The highest BCUT2D eigenvalue weighted by Crippen LogP contribution is 2.14. The number of carbonyl (C=O) groups excluding carboxylic acids is 2. The molecule has 0 saturated heterocycles. The largest absolute Gasteiger partial charge is 0.454 e. The number of hydrogen-bond donors (Lipinski definition) is 2. The molecule has 0 aliphatic rings. The zero-order valence-corrected chi connectivity index (χ0v) is 15.7. The Hall–Kier alpha value is -2.93. The monoisotopic (exact) mass is 373 g/mol. The van der Waals surface area contributed by atoms with Crippen LogP contribution in [0.3, 0.4) is 0 Å². The van der Waals surface area contributed by atoms with Crippen molar-refractivity contribution in [2.45, 2.75) is 27.3 Å². The van der Waals surface area contributed by atoms with Crippen LogP contribution in [0, 0.1) is 5.82 Å². The normalized spacial score (nSPS) is 11.5. The zero-order valence-electron chi connectivity index (χ0n) is 15.7. The molecule has 0 aliphatic heterocycles. The van der Waals surface area contributed by atoms with E-state index in [1.54, 1.807) is 31.2 Å². The highest BCUT2D eigenvalue weighted by Gasteiger charge is 2.13. The second kappa shape index (κ2) is 9.68. The van der Waals surface area contributed by atoms with Crippen LogP contribution in [0.15, 0.2) is 46.9 Å². The van der Waals surface area contributed by atoms with Crippen molar-refractivity contribution < 1.29 is 18.4 Å². The summed E-state index contributed by atoms with van der Waals surface area (Å²) >= 11 is 0. The van der Waals surface area contributed by atoms with Gasteiger partial charge in [0.05, 0.1) is 6.54 Å². The minimum absolute atomic E-state index is 0.122. The average Bonchev–Trinajstić information content (AvgIpc) is 3.13. The SMILES string of the molecule is CCN(CC)Cc1ccc(C(=O)NNC(=O)/C=C(/C)c2ccc(F)cc2)o1. The van der Waals surface area contributed by atoms with E-state index in [1.165, 1.54) is 18.2 Å². The minimum atomic E-state index is -0.540. The molecule has 1 aromatic carbocycles. The molecule has 0 aliphatic carbocycles. The molecule has 6 nitrogen and oxygen atoms in total. The van der Waals surface area contributed by atoms with Gasteiger partial charge in [0.1, 0.15) is 11.6 Å². The van der Waals surface area contributed by atoms with Crippen LogP contribution in [0.1, 0.15) is 42.6 Å². The van der Waals surface area contributed by atoms with Gasteiger partial charge in [0, 0.05) is 6.08 Å². The lowest BCUT2D eigenvalue weighted by Gasteiger charge is -2.15. The summed E-state index contributed by atoms with van der Waals surface area (Å²) in [6.07, 6.45) is 1.32. The average molecular weight is 373 g/mol. The molecule has 1 aromatic heterocycles. The van der Waals surface area contributed by atoms with Crippen molar-refractivity contribution in [1.29, 1.82) is 0 Å². The smallest absolute Gasteiger partial charge is 0.305 e. The maximum absolute atomic E-state index is 12.9. The van der Waals surface area contributed by atoms with Gasteiger partial charge in [-0.2, -0.15) is 0 Å². The molecule has 2 aromatic rings. The molecule has 144 valence electrons.